The molecule has 1 rings (SSSR count). The lowest BCUT2D eigenvalue weighted by atomic mass is 9.92. The largest absolute Gasteiger partial charge is 0.459 e. The van der Waals surface area contributed by atoms with Crippen molar-refractivity contribution in [3.05, 3.63) is 35.9 Å². The van der Waals surface area contributed by atoms with Gasteiger partial charge in [0.05, 0.1) is 0 Å². The molecule has 0 heterocycles. The van der Waals surface area contributed by atoms with Crippen LogP contribution in [0, 0.1) is 5.92 Å². The van der Waals surface area contributed by atoms with Crippen molar-refractivity contribution in [2.75, 3.05) is 0 Å². The second-order valence-electron chi connectivity index (χ2n) is 5.08. The predicted octanol–water partition coefficient (Wildman–Crippen LogP) is 2.49. The van der Waals surface area contributed by atoms with Crippen molar-refractivity contribution in [2.24, 2.45) is 11.7 Å². The molecular weight excluding hydrogens is 214 g/mol. The Hall–Kier alpha value is -1.35. The summed E-state index contributed by atoms with van der Waals surface area (Å²) in [6, 6.07) is 9.60. The summed E-state index contributed by atoms with van der Waals surface area (Å²) in [6.07, 6.45) is 0.626. The van der Waals surface area contributed by atoms with Gasteiger partial charge in [0, 0.05) is 0 Å². The van der Waals surface area contributed by atoms with E-state index in [1.165, 1.54) is 0 Å². The fraction of sp³-hybridized carbons (Fsp3) is 0.500. The van der Waals surface area contributed by atoms with Gasteiger partial charge in [-0.25, -0.2) is 0 Å². The number of benzene rings is 1. The minimum absolute atomic E-state index is 0.282. The zero-order valence-electron chi connectivity index (χ0n) is 10.8. The fourth-order valence-corrected chi connectivity index (χ4v) is 1.82. The maximum atomic E-state index is 11.8. The van der Waals surface area contributed by atoms with Crippen LogP contribution in [0.2, 0.25) is 0 Å². The number of esters is 1. The summed E-state index contributed by atoms with van der Waals surface area (Å²) >= 11 is 0. The molecule has 0 spiro atoms. The molecule has 0 saturated heterocycles. The van der Waals surface area contributed by atoms with Gasteiger partial charge in [0.15, 0.2) is 0 Å². The molecule has 0 aliphatic carbocycles. The van der Waals surface area contributed by atoms with E-state index in [4.69, 9.17) is 10.5 Å². The normalized spacial score (nSPS) is 14.4. The van der Waals surface area contributed by atoms with Crippen LogP contribution in [0.3, 0.4) is 0 Å². The van der Waals surface area contributed by atoms with Crippen molar-refractivity contribution < 1.29 is 9.53 Å². The van der Waals surface area contributed by atoms with Gasteiger partial charge in [-0.15, -0.1) is 0 Å². The first-order chi connectivity index (χ1) is 7.92. The predicted molar refractivity (Wildman–Crippen MR) is 68.3 cm³/mol. The SMILES string of the molecule is CC(C)CC(C)(N)C(=O)OCc1ccccc1. The Morgan fingerprint density at radius 2 is 1.94 bits per heavy atom. The van der Waals surface area contributed by atoms with Crippen LogP contribution in [0.15, 0.2) is 30.3 Å². The molecule has 0 aliphatic rings. The number of rotatable bonds is 5. The second-order valence-corrected chi connectivity index (χ2v) is 5.08. The third-order valence-electron chi connectivity index (χ3n) is 2.51. The number of hydrogen-bond acceptors (Lipinski definition) is 3. The molecule has 2 N–H and O–H groups in total. The van der Waals surface area contributed by atoms with Gasteiger partial charge in [-0.3, -0.25) is 4.79 Å². The molecule has 17 heavy (non-hydrogen) atoms. The zero-order chi connectivity index (χ0) is 12.9. The molecule has 0 saturated carbocycles. The van der Waals surface area contributed by atoms with Crippen molar-refractivity contribution in [2.45, 2.75) is 39.3 Å². The van der Waals surface area contributed by atoms with E-state index in [0.29, 0.717) is 12.3 Å². The Labute approximate surface area is 103 Å². The summed E-state index contributed by atoms with van der Waals surface area (Å²) in [5.74, 6) is 0.0318. The molecule has 0 radical (unpaired) electrons. The van der Waals surface area contributed by atoms with Gasteiger partial charge in [0.2, 0.25) is 0 Å². The highest BCUT2D eigenvalue weighted by atomic mass is 16.5. The first kappa shape index (κ1) is 13.7. The molecular formula is C14H21NO2. The summed E-state index contributed by atoms with van der Waals surface area (Å²) < 4.78 is 5.23. The summed E-state index contributed by atoms with van der Waals surface area (Å²) in [4.78, 5) is 11.8. The van der Waals surface area contributed by atoms with Crippen LogP contribution in [-0.2, 0) is 16.1 Å². The van der Waals surface area contributed by atoms with Gasteiger partial charge in [-0.05, 0) is 24.8 Å². The molecule has 0 aliphatic heterocycles. The summed E-state index contributed by atoms with van der Waals surface area (Å²) in [6.45, 7) is 6.08. The molecule has 1 unspecified atom stereocenters. The molecule has 1 aromatic carbocycles. The van der Waals surface area contributed by atoms with Crippen LogP contribution in [0.5, 0.6) is 0 Å². The number of carbonyl (C=O) groups excluding carboxylic acids is 1. The average molecular weight is 235 g/mol. The van der Waals surface area contributed by atoms with Gasteiger partial charge < -0.3 is 10.5 Å². The fourth-order valence-electron chi connectivity index (χ4n) is 1.82. The highest BCUT2D eigenvalue weighted by molar-refractivity contribution is 5.80. The quantitative estimate of drug-likeness (QED) is 0.798. The molecule has 0 fully saturated rings. The van der Waals surface area contributed by atoms with Crippen LogP contribution in [0.25, 0.3) is 0 Å². The van der Waals surface area contributed by atoms with Crippen LogP contribution < -0.4 is 5.73 Å². The van der Waals surface area contributed by atoms with Crippen molar-refractivity contribution in [3.63, 3.8) is 0 Å². The highest BCUT2D eigenvalue weighted by Crippen LogP contribution is 2.16. The molecule has 1 aromatic rings. The van der Waals surface area contributed by atoms with Crippen LogP contribution >= 0.6 is 0 Å². The highest BCUT2D eigenvalue weighted by Gasteiger charge is 2.30. The van der Waals surface area contributed by atoms with E-state index in [9.17, 15) is 4.79 Å². The lowest BCUT2D eigenvalue weighted by Crippen LogP contribution is -2.47. The second kappa shape index (κ2) is 5.82. The number of carbonyl (C=O) groups is 1. The zero-order valence-corrected chi connectivity index (χ0v) is 10.8. The van der Waals surface area contributed by atoms with Crippen molar-refractivity contribution in [3.8, 4) is 0 Å². The third kappa shape index (κ3) is 4.57. The van der Waals surface area contributed by atoms with Crippen molar-refractivity contribution >= 4 is 5.97 Å². The van der Waals surface area contributed by atoms with Gasteiger partial charge in [0.1, 0.15) is 12.1 Å². The van der Waals surface area contributed by atoms with Crippen LogP contribution in [0.4, 0.5) is 0 Å². The maximum absolute atomic E-state index is 11.8. The van der Waals surface area contributed by atoms with E-state index in [0.717, 1.165) is 5.56 Å². The lowest BCUT2D eigenvalue weighted by Gasteiger charge is -2.24. The summed E-state index contributed by atoms with van der Waals surface area (Å²) in [5.41, 5.74) is 6.02. The molecule has 0 bridgehead atoms. The van der Waals surface area contributed by atoms with E-state index in [2.05, 4.69) is 0 Å². The first-order valence-electron chi connectivity index (χ1n) is 5.92. The van der Waals surface area contributed by atoms with Gasteiger partial charge in [-0.2, -0.15) is 0 Å². The van der Waals surface area contributed by atoms with E-state index in [-0.39, 0.29) is 12.6 Å². The van der Waals surface area contributed by atoms with E-state index < -0.39 is 5.54 Å². The topological polar surface area (TPSA) is 52.3 Å². The molecule has 3 heteroatoms. The Kier molecular flexibility index (Phi) is 4.70. The maximum Gasteiger partial charge on any atom is 0.326 e. The molecule has 3 nitrogen and oxygen atoms in total. The minimum atomic E-state index is -0.900. The van der Waals surface area contributed by atoms with E-state index >= 15 is 0 Å². The first-order valence-corrected chi connectivity index (χ1v) is 5.92. The van der Waals surface area contributed by atoms with Gasteiger partial charge >= 0.3 is 5.97 Å². The number of ether oxygens (including phenoxy) is 1. The Bertz CT molecular complexity index is 358. The number of hydrogen-bond donors (Lipinski definition) is 1. The summed E-state index contributed by atoms with van der Waals surface area (Å²) in [7, 11) is 0. The van der Waals surface area contributed by atoms with Crippen LogP contribution in [-0.4, -0.2) is 11.5 Å². The van der Waals surface area contributed by atoms with E-state index in [1.807, 2.05) is 44.2 Å². The van der Waals surface area contributed by atoms with Crippen LogP contribution in [0.1, 0.15) is 32.8 Å². The molecule has 0 amide bonds. The third-order valence-corrected chi connectivity index (χ3v) is 2.51. The monoisotopic (exact) mass is 235 g/mol. The Morgan fingerprint density at radius 3 is 2.47 bits per heavy atom. The number of nitrogens with two attached hydrogens (primary N) is 1. The van der Waals surface area contributed by atoms with Crippen molar-refractivity contribution in [1.82, 2.24) is 0 Å². The average Bonchev–Trinajstić information content (AvgIpc) is 2.25. The van der Waals surface area contributed by atoms with Gasteiger partial charge in [-0.1, -0.05) is 44.2 Å². The molecule has 0 aromatic heterocycles. The smallest absolute Gasteiger partial charge is 0.326 e. The van der Waals surface area contributed by atoms with E-state index in [1.54, 1.807) is 6.92 Å². The molecule has 1 atom stereocenters. The Morgan fingerprint density at radius 1 is 1.35 bits per heavy atom. The van der Waals surface area contributed by atoms with Gasteiger partial charge in [0.25, 0.3) is 0 Å². The Balaban J connectivity index is 2.49. The van der Waals surface area contributed by atoms with Crippen molar-refractivity contribution in [1.29, 1.82) is 0 Å². The lowest BCUT2D eigenvalue weighted by molar-refractivity contribution is -0.151. The molecule has 94 valence electrons. The summed E-state index contributed by atoms with van der Waals surface area (Å²) in [5, 5.41) is 0. The standard InChI is InChI=1S/C14H21NO2/c1-11(2)9-14(3,15)13(16)17-10-12-7-5-4-6-8-12/h4-8,11H,9-10,15H2,1-3H3. The minimum Gasteiger partial charge on any atom is -0.459 e.